The zero-order valence-corrected chi connectivity index (χ0v) is 8.54. The Kier molecular flexibility index (Phi) is 3.11. The number of halogens is 3. The van der Waals surface area contributed by atoms with Crippen molar-refractivity contribution in [3.8, 4) is 0 Å². The molecule has 0 aromatic carbocycles. The maximum absolute atomic E-state index is 11.9. The molecule has 0 aromatic heterocycles. The van der Waals surface area contributed by atoms with E-state index < -0.39 is 44.8 Å². The number of carbonyl (C=O) groups excluding carboxylic acids is 2. The first-order chi connectivity index (χ1) is 7.54. The first-order valence-electron chi connectivity index (χ1n) is 3.77. The third-order valence-electron chi connectivity index (χ3n) is 1.50. The van der Waals surface area contributed by atoms with Crippen molar-refractivity contribution in [2.24, 2.45) is 4.40 Å². The van der Waals surface area contributed by atoms with Gasteiger partial charge in [-0.05, 0) is 0 Å². The Morgan fingerprint density at radius 1 is 1.35 bits per heavy atom. The van der Waals surface area contributed by atoms with Crippen molar-refractivity contribution < 1.29 is 36.4 Å². The summed E-state index contributed by atoms with van der Waals surface area (Å²) in [5.41, 5.74) is -5.70. The first-order valence-corrected chi connectivity index (χ1v) is 5.21. The molecular weight excluding hydrogens is 271 g/mol. The van der Waals surface area contributed by atoms with E-state index in [9.17, 15) is 31.2 Å². The minimum atomic E-state index is -5.96. The summed E-state index contributed by atoms with van der Waals surface area (Å²) in [6.45, 7) is 0. The molecule has 96 valence electrons. The number of hydrogen-bond acceptors (Lipinski definition) is 5. The SMILES string of the molecule is O=C1CC(=O)N(O)C(=NS(=O)(=O)C(F)(F)F)N1. The monoisotopic (exact) mass is 275 g/mol. The van der Waals surface area contributed by atoms with Crippen molar-refractivity contribution in [3.63, 3.8) is 0 Å². The van der Waals surface area contributed by atoms with Crippen LogP contribution in [0.5, 0.6) is 0 Å². The number of hydroxylamine groups is 2. The van der Waals surface area contributed by atoms with Gasteiger partial charge in [-0.2, -0.15) is 26.7 Å². The zero-order chi connectivity index (χ0) is 13.4. The van der Waals surface area contributed by atoms with Crippen LogP contribution in [0, 0.1) is 0 Å². The maximum atomic E-state index is 11.9. The molecular formula is C5H4F3N3O5S. The number of nitrogens with one attached hydrogen (secondary N) is 1. The Balaban J connectivity index is 3.15. The molecule has 1 rings (SSSR count). The highest BCUT2D eigenvalue weighted by atomic mass is 32.2. The second-order valence-electron chi connectivity index (χ2n) is 2.77. The molecule has 1 saturated heterocycles. The Hall–Kier alpha value is -1.69. The molecule has 2 N–H and O–H groups in total. The largest absolute Gasteiger partial charge is 0.518 e. The summed E-state index contributed by atoms with van der Waals surface area (Å²) in [5, 5.41) is 9.92. The van der Waals surface area contributed by atoms with Crippen LogP contribution in [-0.2, 0) is 19.6 Å². The van der Waals surface area contributed by atoms with E-state index in [0.29, 0.717) is 0 Å². The van der Waals surface area contributed by atoms with Gasteiger partial charge in [0.1, 0.15) is 6.42 Å². The standard InChI is InChI=1S/C5H4F3N3O5S/c6-5(7,8)17(15,16)10-4-9-2(12)1-3(13)11(4)14/h14H,1H2,(H,9,10,12). The molecule has 1 heterocycles. The summed E-state index contributed by atoms with van der Waals surface area (Å²) in [6.07, 6.45) is -0.832. The third kappa shape index (κ3) is 2.71. The molecule has 0 spiro atoms. The van der Waals surface area contributed by atoms with Crippen molar-refractivity contribution >= 4 is 27.8 Å². The van der Waals surface area contributed by atoms with E-state index in [-0.39, 0.29) is 0 Å². The fourth-order valence-electron chi connectivity index (χ4n) is 0.779. The highest BCUT2D eigenvalue weighted by Gasteiger charge is 2.47. The van der Waals surface area contributed by atoms with Crippen molar-refractivity contribution in [3.05, 3.63) is 0 Å². The summed E-state index contributed by atoms with van der Waals surface area (Å²) in [6, 6.07) is 0. The molecule has 0 atom stereocenters. The van der Waals surface area contributed by atoms with E-state index in [1.54, 1.807) is 0 Å². The van der Waals surface area contributed by atoms with Crippen LogP contribution in [-0.4, -0.2) is 42.0 Å². The molecule has 0 saturated carbocycles. The molecule has 0 unspecified atom stereocenters. The van der Waals surface area contributed by atoms with Crippen molar-refractivity contribution in [2.45, 2.75) is 11.9 Å². The summed E-state index contributed by atoms with van der Waals surface area (Å²) in [7, 11) is -5.96. The van der Waals surface area contributed by atoms with E-state index in [1.807, 2.05) is 0 Å². The van der Waals surface area contributed by atoms with Crippen molar-refractivity contribution in [2.75, 3.05) is 0 Å². The smallest absolute Gasteiger partial charge is 0.293 e. The fraction of sp³-hybridized carbons (Fsp3) is 0.400. The van der Waals surface area contributed by atoms with E-state index in [2.05, 4.69) is 4.40 Å². The van der Waals surface area contributed by atoms with Crippen molar-refractivity contribution in [1.82, 2.24) is 10.4 Å². The average Bonchev–Trinajstić information content (AvgIpc) is 2.11. The van der Waals surface area contributed by atoms with Gasteiger partial charge in [-0.3, -0.25) is 20.1 Å². The van der Waals surface area contributed by atoms with Crippen LogP contribution in [0.2, 0.25) is 0 Å². The summed E-state index contributed by atoms with van der Waals surface area (Å²) in [4.78, 5) is 21.5. The predicted octanol–water partition coefficient (Wildman–Crippen LogP) is -1.07. The molecule has 2 amide bonds. The summed E-state index contributed by atoms with van der Waals surface area (Å²) >= 11 is 0. The van der Waals surface area contributed by atoms with Crippen LogP contribution in [0.4, 0.5) is 13.2 Å². The Labute approximate surface area is 91.7 Å². The van der Waals surface area contributed by atoms with Crippen LogP contribution in [0.3, 0.4) is 0 Å². The van der Waals surface area contributed by atoms with Gasteiger partial charge in [0.25, 0.3) is 5.91 Å². The Morgan fingerprint density at radius 2 is 1.88 bits per heavy atom. The molecule has 0 aromatic rings. The van der Waals surface area contributed by atoms with Crippen LogP contribution in [0.1, 0.15) is 6.42 Å². The molecule has 1 aliphatic heterocycles. The van der Waals surface area contributed by atoms with Gasteiger partial charge in [0, 0.05) is 0 Å². The fourth-order valence-corrected chi connectivity index (χ4v) is 1.23. The lowest BCUT2D eigenvalue weighted by Gasteiger charge is -2.21. The normalized spacial score (nSPS) is 20.7. The molecule has 0 aliphatic carbocycles. The Morgan fingerprint density at radius 3 is 2.35 bits per heavy atom. The lowest BCUT2D eigenvalue weighted by molar-refractivity contribution is -0.154. The summed E-state index contributed by atoms with van der Waals surface area (Å²) in [5.74, 6) is -3.80. The van der Waals surface area contributed by atoms with Crippen molar-refractivity contribution in [1.29, 1.82) is 0 Å². The average molecular weight is 275 g/mol. The zero-order valence-electron chi connectivity index (χ0n) is 7.72. The number of guanidine groups is 1. The van der Waals surface area contributed by atoms with Gasteiger partial charge in [-0.1, -0.05) is 0 Å². The number of sulfonamides is 1. The van der Waals surface area contributed by atoms with Crippen LogP contribution >= 0.6 is 0 Å². The van der Waals surface area contributed by atoms with Gasteiger partial charge in [-0.25, -0.2) is 0 Å². The van der Waals surface area contributed by atoms with E-state index in [4.69, 9.17) is 5.21 Å². The molecule has 8 nitrogen and oxygen atoms in total. The van der Waals surface area contributed by atoms with E-state index >= 15 is 0 Å². The lowest BCUT2D eigenvalue weighted by atomic mass is 10.3. The number of amides is 2. The van der Waals surface area contributed by atoms with Gasteiger partial charge in [0.2, 0.25) is 11.9 Å². The van der Waals surface area contributed by atoms with Gasteiger partial charge in [-0.15, -0.1) is 4.40 Å². The second-order valence-corrected chi connectivity index (χ2v) is 4.36. The molecule has 1 fully saturated rings. The molecule has 0 bridgehead atoms. The topological polar surface area (TPSA) is 116 Å². The molecule has 17 heavy (non-hydrogen) atoms. The van der Waals surface area contributed by atoms with E-state index in [0.717, 1.165) is 0 Å². The number of rotatable bonds is 1. The number of hydrogen-bond donors (Lipinski definition) is 2. The van der Waals surface area contributed by atoms with Gasteiger partial charge in [0.05, 0.1) is 0 Å². The second kappa shape index (κ2) is 3.96. The molecule has 12 heteroatoms. The predicted molar refractivity (Wildman–Crippen MR) is 43.8 cm³/mol. The highest BCUT2D eigenvalue weighted by Crippen LogP contribution is 2.24. The number of alkyl halides is 3. The van der Waals surface area contributed by atoms with E-state index in [1.165, 1.54) is 5.32 Å². The van der Waals surface area contributed by atoms with Crippen LogP contribution in [0.15, 0.2) is 4.40 Å². The van der Waals surface area contributed by atoms with Gasteiger partial charge >= 0.3 is 15.5 Å². The quantitative estimate of drug-likeness (QED) is 0.467. The third-order valence-corrected chi connectivity index (χ3v) is 2.50. The highest BCUT2D eigenvalue weighted by molar-refractivity contribution is 7.91. The van der Waals surface area contributed by atoms with Gasteiger partial charge < -0.3 is 0 Å². The molecule has 1 aliphatic rings. The van der Waals surface area contributed by atoms with Gasteiger partial charge in [0.15, 0.2) is 0 Å². The first kappa shape index (κ1) is 13.4. The molecule has 0 radical (unpaired) electrons. The summed E-state index contributed by atoms with van der Waals surface area (Å²) < 4.78 is 59.0. The number of carbonyl (C=O) groups is 2. The Bertz CT molecular complexity index is 495. The van der Waals surface area contributed by atoms with Crippen LogP contribution in [0.25, 0.3) is 0 Å². The van der Waals surface area contributed by atoms with Crippen LogP contribution < -0.4 is 5.32 Å². The minimum absolute atomic E-state index is 0.481. The maximum Gasteiger partial charge on any atom is 0.518 e. The minimum Gasteiger partial charge on any atom is -0.293 e. The lowest BCUT2D eigenvalue weighted by Crippen LogP contribution is -2.52. The number of nitrogens with zero attached hydrogens (tertiary/aromatic N) is 2.